The zero-order valence-corrected chi connectivity index (χ0v) is 12.1. The van der Waals surface area contributed by atoms with Crippen LogP contribution in [0.3, 0.4) is 0 Å². The fraction of sp³-hybridized carbons (Fsp3) is 0.294. The molecule has 3 heteroatoms. The van der Waals surface area contributed by atoms with Crippen LogP contribution in [0.4, 0.5) is 5.69 Å². The molecule has 0 aliphatic rings. The van der Waals surface area contributed by atoms with Crippen LogP contribution in [0, 0.1) is 0 Å². The van der Waals surface area contributed by atoms with Gasteiger partial charge in [0.2, 0.25) is 0 Å². The molecule has 0 aromatic heterocycles. The van der Waals surface area contributed by atoms with Crippen molar-refractivity contribution in [3.8, 4) is 5.75 Å². The van der Waals surface area contributed by atoms with E-state index in [0.29, 0.717) is 0 Å². The van der Waals surface area contributed by atoms with Crippen LogP contribution >= 0.6 is 0 Å². The third-order valence-electron chi connectivity index (χ3n) is 3.42. The number of anilines is 1. The van der Waals surface area contributed by atoms with E-state index in [9.17, 15) is 0 Å². The molecule has 1 atom stereocenters. The van der Waals surface area contributed by atoms with Gasteiger partial charge in [0, 0.05) is 12.2 Å². The second-order valence-corrected chi connectivity index (χ2v) is 4.79. The van der Waals surface area contributed by atoms with Crippen molar-refractivity contribution >= 4 is 5.69 Å². The molecule has 0 bridgehead atoms. The van der Waals surface area contributed by atoms with Crippen molar-refractivity contribution in [1.29, 1.82) is 0 Å². The zero-order valence-electron chi connectivity index (χ0n) is 12.1. The van der Waals surface area contributed by atoms with E-state index in [1.54, 1.807) is 7.11 Å². The number of benzene rings is 2. The van der Waals surface area contributed by atoms with E-state index in [4.69, 9.17) is 10.5 Å². The van der Waals surface area contributed by atoms with Crippen LogP contribution in [0.25, 0.3) is 0 Å². The van der Waals surface area contributed by atoms with E-state index in [1.807, 2.05) is 30.3 Å². The molecule has 0 amide bonds. The van der Waals surface area contributed by atoms with Gasteiger partial charge in [-0.2, -0.15) is 0 Å². The van der Waals surface area contributed by atoms with Crippen molar-refractivity contribution in [2.45, 2.75) is 26.1 Å². The molecular formula is C17H22N2O. The molecule has 0 spiro atoms. The Balaban J connectivity index is 2.19. The van der Waals surface area contributed by atoms with Gasteiger partial charge in [-0.3, -0.25) is 0 Å². The first-order valence-corrected chi connectivity index (χ1v) is 6.94. The summed E-state index contributed by atoms with van der Waals surface area (Å²) < 4.78 is 5.19. The summed E-state index contributed by atoms with van der Waals surface area (Å²) in [5.41, 5.74) is 8.63. The number of methoxy groups -OCH3 is 1. The number of nitrogens with two attached hydrogens (primary N) is 1. The third kappa shape index (κ3) is 3.52. The Morgan fingerprint density at radius 3 is 2.25 bits per heavy atom. The SMILES string of the molecule is CCC(N)N(Cc1ccc(OC)cc1)c1ccccc1. The highest BCUT2D eigenvalue weighted by atomic mass is 16.5. The highest BCUT2D eigenvalue weighted by molar-refractivity contribution is 5.47. The summed E-state index contributed by atoms with van der Waals surface area (Å²) in [5, 5.41) is 0. The van der Waals surface area contributed by atoms with Crippen LogP contribution < -0.4 is 15.4 Å². The third-order valence-corrected chi connectivity index (χ3v) is 3.42. The van der Waals surface area contributed by atoms with Gasteiger partial charge >= 0.3 is 0 Å². The van der Waals surface area contributed by atoms with E-state index < -0.39 is 0 Å². The molecule has 0 aliphatic carbocycles. The van der Waals surface area contributed by atoms with Gasteiger partial charge in [-0.25, -0.2) is 0 Å². The molecular weight excluding hydrogens is 248 g/mol. The topological polar surface area (TPSA) is 38.5 Å². The molecule has 106 valence electrons. The molecule has 2 N–H and O–H groups in total. The Morgan fingerprint density at radius 1 is 1.05 bits per heavy atom. The van der Waals surface area contributed by atoms with Gasteiger partial charge in [0.05, 0.1) is 13.3 Å². The van der Waals surface area contributed by atoms with Crippen molar-refractivity contribution in [1.82, 2.24) is 0 Å². The lowest BCUT2D eigenvalue weighted by Crippen LogP contribution is -2.41. The number of hydrogen-bond donors (Lipinski definition) is 1. The molecule has 0 saturated carbocycles. The zero-order chi connectivity index (χ0) is 14.4. The normalized spacial score (nSPS) is 11.9. The molecule has 0 radical (unpaired) electrons. The van der Waals surface area contributed by atoms with Crippen molar-refractivity contribution in [3.63, 3.8) is 0 Å². The summed E-state index contributed by atoms with van der Waals surface area (Å²) in [5.74, 6) is 0.875. The number of nitrogens with zero attached hydrogens (tertiary/aromatic N) is 1. The van der Waals surface area contributed by atoms with Gasteiger partial charge in [0.15, 0.2) is 0 Å². The largest absolute Gasteiger partial charge is 0.497 e. The van der Waals surface area contributed by atoms with Crippen LogP contribution in [-0.2, 0) is 6.54 Å². The quantitative estimate of drug-likeness (QED) is 0.818. The van der Waals surface area contributed by atoms with Gasteiger partial charge in [-0.1, -0.05) is 37.3 Å². The molecule has 3 nitrogen and oxygen atoms in total. The van der Waals surface area contributed by atoms with Crippen molar-refractivity contribution in [3.05, 3.63) is 60.2 Å². The first-order chi connectivity index (χ1) is 9.74. The minimum absolute atomic E-state index is 0.0134. The summed E-state index contributed by atoms with van der Waals surface area (Å²) >= 11 is 0. The second kappa shape index (κ2) is 6.96. The van der Waals surface area contributed by atoms with Gasteiger partial charge in [0.1, 0.15) is 5.75 Å². The summed E-state index contributed by atoms with van der Waals surface area (Å²) in [6.07, 6.45) is 0.921. The molecule has 0 fully saturated rings. The van der Waals surface area contributed by atoms with Gasteiger partial charge in [0.25, 0.3) is 0 Å². The lowest BCUT2D eigenvalue weighted by atomic mass is 10.1. The maximum atomic E-state index is 6.25. The summed E-state index contributed by atoms with van der Waals surface area (Å²) in [6.45, 7) is 2.90. The van der Waals surface area contributed by atoms with Gasteiger partial charge in [-0.05, 0) is 36.2 Å². The Morgan fingerprint density at radius 2 is 1.70 bits per heavy atom. The van der Waals surface area contributed by atoms with Crippen LogP contribution in [0.15, 0.2) is 54.6 Å². The Bertz CT molecular complexity index is 510. The predicted molar refractivity (Wildman–Crippen MR) is 83.9 cm³/mol. The minimum Gasteiger partial charge on any atom is -0.497 e. The molecule has 0 saturated heterocycles. The van der Waals surface area contributed by atoms with Crippen molar-refractivity contribution in [2.24, 2.45) is 5.73 Å². The first kappa shape index (κ1) is 14.4. The number of hydrogen-bond acceptors (Lipinski definition) is 3. The number of para-hydroxylation sites is 1. The maximum absolute atomic E-state index is 6.25. The predicted octanol–water partition coefficient (Wildman–Crippen LogP) is 3.40. The molecule has 20 heavy (non-hydrogen) atoms. The van der Waals surface area contributed by atoms with E-state index in [-0.39, 0.29) is 6.17 Å². The van der Waals surface area contributed by atoms with Crippen LogP contribution in [0.5, 0.6) is 5.75 Å². The van der Waals surface area contributed by atoms with Crippen LogP contribution in [0.1, 0.15) is 18.9 Å². The van der Waals surface area contributed by atoms with E-state index in [2.05, 4.69) is 36.1 Å². The average molecular weight is 270 g/mol. The molecule has 0 heterocycles. The fourth-order valence-electron chi connectivity index (χ4n) is 2.17. The Hall–Kier alpha value is -2.00. The van der Waals surface area contributed by atoms with E-state index in [1.165, 1.54) is 5.56 Å². The maximum Gasteiger partial charge on any atom is 0.118 e. The Labute approximate surface area is 121 Å². The van der Waals surface area contributed by atoms with E-state index >= 15 is 0 Å². The summed E-state index contributed by atoms with van der Waals surface area (Å²) in [4.78, 5) is 2.22. The summed E-state index contributed by atoms with van der Waals surface area (Å²) in [6, 6.07) is 18.4. The van der Waals surface area contributed by atoms with Gasteiger partial charge in [-0.15, -0.1) is 0 Å². The van der Waals surface area contributed by atoms with Crippen molar-refractivity contribution in [2.75, 3.05) is 12.0 Å². The monoisotopic (exact) mass is 270 g/mol. The minimum atomic E-state index is 0.0134. The average Bonchev–Trinajstić information content (AvgIpc) is 2.53. The number of rotatable bonds is 6. The molecule has 2 aromatic carbocycles. The van der Waals surface area contributed by atoms with Crippen LogP contribution in [-0.4, -0.2) is 13.3 Å². The highest BCUT2D eigenvalue weighted by Crippen LogP contribution is 2.20. The fourth-order valence-corrected chi connectivity index (χ4v) is 2.17. The lowest BCUT2D eigenvalue weighted by molar-refractivity contribution is 0.414. The summed E-state index contributed by atoms with van der Waals surface area (Å²) in [7, 11) is 1.68. The van der Waals surface area contributed by atoms with Crippen molar-refractivity contribution < 1.29 is 4.74 Å². The molecule has 2 rings (SSSR count). The standard InChI is InChI=1S/C17H22N2O/c1-3-17(18)19(15-7-5-4-6-8-15)13-14-9-11-16(20-2)12-10-14/h4-12,17H,3,13,18H2,1-2H3. The highest BCUT2D eigenvalue weighted by Gasteiger charge is 2.13. The molecule has 0 aliphatic heterocycles. The number of ether oxygens (including phenoxy) is 1. The van der Waals surface area contributed by atoms with Gasteiger partial charge < -0.3 is 15.4 Å². The smallest absolute Gasteiger partial charge is 0.118 e. The van der Waals surface area contributed by atoms with E-state index in [0.717, 1.165) is 24.4 Å². The van der Waals surface area contributed by atoms with Crippen LogP contribution in [0.2, 0.25) is 0 Å². The first-order valence-electron chi connectivity index (χ1n) is 6.94. The Kier molecular flexibility index (Phi) is 5.02. The molecule has 2 aromatic rings. The second-order valence-electron chi connectivity index (χ2n) is 4.79. The lowest BCUT2D eigenvalue weighted by Gasteiger charge is -2.30. The molecule has 1 unspecified atom stereocenters.